The minimum Gasteiger partial charge on any atom is -0.357 e. The van der Waals surface area contributed by atoms with Crippen LogP contribution >= 0.6 is 0 Å². The normalized spacial score (nSPS) is 23.1. The predicted octanol–water partition coefficient (Wildman–Crippen LogP) is 2.27. The Morgan fingerprint density at radius 3 is 2.56 bits per heavy atom. The summed E-state index contributed by atoms with van der Waals surface area (Å²) in [6, 6.07) is 0.448. The zero-order chi connectivity index (χ0) is 19.9. The Morgan fingerprint density at radius 2 is 1.93 bits per heavy atom. The molecule has 2 rings (SSSR count). The fourth-order valence-electron chi connectivity index (χ4n) is 4.02. The Labute approximate surface area is 166 Å². The molecule has 158 valence electrons. The van der Waals surface area contributed by atoms with Crippen molar-refractivity contribution < 1.29 is 8.42 Å². The zero-order valence-corrected chi connectivity index (χ0v) is 18.6. The highest BCUT2D eigenvalue weighted by molar-refractivity contribution is 7.90. The van der Waals surface area contributed by atoms with Crippen LogP contribution in [0.2, 0.25) is 0 Å². The second-order valence-electron chi connectivity index (χ2n) is 9.28. The first kappa shape index (κ1) is 22.5. The Kier molecular flexibility index (Phi) is 8.40. The Balaban J connectivity index is 1.82. The Morgan fingerprint density at radius 1 is 1.22 bits per heavy atom. The summed E-state index contributed by atoms with van der Waals surface area (Å²) in [6.07, 6.45) is 8.72. The molecule has 0 aromatic carbocycles. The molecule has 1 unspecified atom stereocenters. The van der Waals surface area contributed by atoms with Crippen LogP contribution < -0.4 is 10.6 Å². The van der Waals surface area contributed by atoms with E-state index in [1.54, 1.807) is 0 Å². The van der Waals surface area contributed by atoms with Gasteiger partial charge in [-0.1, -0.05) is 26.7 Å². The lowest BCUT2D eigenvalue weighted by molar-refractivity contribution is 0.275. The van der Waals surface area contributed by atoms with Gasteiger partial charge in [-0.3, -0.25) is 4.99 Å². The number of hydrogen-bond acceptors (Lipinski definition) is 4. The van der Waals surface area contributed by atoms with Gasteiger partial charge in [0.2, 0.25) is 0 Å². The van der Waals surface area contributed by atoms with E-state index in [4.69, 9.17) is 4.99 Å². The van der Waals surface area contributed by atoms with Gasteiger partial charge >= 0.3 is 0 Å². The smallest absolute Gasteiger partial charge is 0.191 e. The number of aliphatic imine (C=N–C) groups is 1. The SMILES string of the molecule is CCNC(=NCC(C)(C)CCS(C)(=O)=O)NC1CCN(CC2CCCC2)C1. The van der Waals surface area contributed by atoms with Crippen LogP contribution in [0.4, 0.5) is 0 Å². The van der Waals surface area contributed by atoms with Crippen molar-refractivity contribution in [2.75, 3.05) is 44.7 Å². The quantitative estimate of drug-likeness (QED) is 0.459. The van der Waals surface area contributed by atoms with E-state index in [1.807, 2.05) is 0 Å². The van der Waals surface area contributed by atoms with Crippen LogP contribution in [0.5, 0.6) is 0 Å². The van der Waals surface area contributed by atoms with E-state index in [0.29, 0.717) is 19.0 Å². The number of nitrogens with zero attached hydrogens (tertiary/aromatic N) is 2. The van der Waals surface area contributed by atoms with Gasteiger partial charge in [0.15, 0.2) is 5.96 Å². The summed E-state index contributed by atoms with van der Waals surface area (Å²) >= 11 is 0. The molecule has 27 heavy (non-hydrogen) atoms. The second-order valence-corrected chi connectivity index (χ2v) is 11.5. The average Bonchev–Trinajstić information content (AvgIpc) is 3.23. The van der Waals surface area contributed by atoms with Crippen molar-refractivity contribution in [3.8, 4) is 0 Å². The largest absolute Gasteiger partial charge is 0.357 e. The molecule has 1 heterocycles. The fourth-order valence-corrected chi connectivity index (χ4v) is 4.94. The molecule has 6 nitrogen and oxygen atoms in total. The van der Waals surface area contributed by atoms with Gasteiger partial charge < -0.3 is 15.5 Å². The average molecular weight is 401 g/mol. The van der Waals surface area contributed by atoms with Crippen molar-refractivity contribution in [2.24, 2.45) is 16.3 Å². The summed E-state index contributed by atoms with van der Waals surface area (Å²) in [6.45, 7) is 11.2. The highest BCUT2D eigenvalue weighted by Crippen LogP contribution is 2.26. The molecule has 2 fully saturated rings. The van der Waals surface area contributed by atoms with E-state index in [1.165, 1.54) is 45.0 Å². The summed E-state index contributed by atoms with van der Waals surface area (Å²) in [5.41, 5.74) is -0.129. The topological polar surface area (TPSA) is 73.8 Å². The third-order valence-electron chi connectivity index (χ3n) is 5.76. The minimum absolute atomic E-state index is 0.129. The third-order valence-corrected chi connectivity index (χ3v) is 6.71. The van der Waals surface area contributed by atoms with Crippen LogP contribution in [0.3, 0.4) is 0 Å². The molecule has 1 atom stereocenters. The second kappa shape index (κ2) is 10.1. The molecule has 1 saturated heterocycles. The molecule has 0 amide bonds. The zero-order valence-electron chi connectivity index (χ0n) is 17.8. The summed E-state index contributed by atoms with van der Waals surface area (Å²) in [5.74, 6) is 1.98. The van der Waals surface area contributed by atoms with Gasteiger partial charge in [-0.25, -0.2) is 8.42 Å². The molecule has 0 radical (unpaired) electrons. The standard InChI is InChI=1S/C20H40N4O2S/c1-5-21-19(22-16-20(2,3)11-13-27(4,25)26)23-18-10-12-24(15-18)14-17-8-6-7-9-17/h17-18H,5-16H2,1-4H3,(H2,21,22,23). The monoisotopic (exact) mass is 400 g/mol. The molecule has 2 N–H and O–H groups in total. The van der Waals surface area contributed by atoms with E-state index in [2.05, 4.69) is 36.3 Å². The molecular formula is C20H40N4O2S. The number of hydrogen-bond donors (Lipinski definition) is 2. The van der Waals surface area contributed by atoms with Gasteiger partial charge in [0, 0.05) is 45.0 Å². The van der Waals surface area contributed by atoms with E-state index < -0.39 is 9.84 Å². The van der Waals surface area contributed by atoms with Gasteiger partial charge in [0.25, 0.3) is 0 Å². The van der Waals surface area contributed by atoms with Gasteiger partial charge in [-0.05, 0) is 43.9 Å². The van der Waals surface area contributed by atoms with Crippen LogP contribution in [0.1, 0.15) is 59.3 Å². The first-order chi connectivity index (χ1) is 12.7. The number of sulfone groups is 1. The van der Waals surface area contributed by atoms with E-state index in [-0.39, 0.29) is 11.2 Å². The molecule has 7 heteroatoms. The molecule has 1 aliphatic heterocycles. The first-order valence-corrected chi connectivity index (χ1v) is 12.7. The number of likely N-dealkylation sites (tertiary alicyclic amines) is 1. The maximum absolute atomic E-state index is 11.4. The summed E-state index contributed by atoms with van der Waals surface area (Å²) in [7, 11) is -2.93. The molecular weight excluding hydrogens is 360 g/mol. The number of nitrogens with one attached hydrogen (secondary N) is 2. The summed E-state index contributed by atoms with van der Waals surface area (Å²) in [4.78, 5) is 7.36. The van der Waals surface area contributed by atoms with Crippen molar-refractivity contribution in [1.82, 2.24) is 15.5 Å². The lowest BCUT2D eigenvalue weighted by Gasteiger charge is -2.24. The molecule has 2 aliphatic rings. The lowest BCUT2D eigenvalue weighted by Crippen LogP contribution is -2.45. The number of rotatable bonds is 9. The van der Waals surface area contributed by atoms with E-state index in [9.17, 15) is 8.42 Å². The maximum atomic E-state index is 11.4. The highest BCUT2D eigenvalue weighted by Gasteiger charge is 2.27. The van der Waals surface area contributed by atoms with Gasteiger partial charge in [-0.15, -0.1) is 0 Å². The van der Waals surface area contributed by atoms with Crippen molar-refractivity contribution >= 4 is 15.8 Å². The molecule has 0 aromatic rings. The molecule has 0 aromatic heterocycles. The van der Waals surface area contributed by atoms with Crippen molar-refractivity contribution in [3.05, 3.63) is 0 Å². The summed E-state index contributed by atoms with van der Waals surface area (Å²) in [5, 5.41) is 6.94. The van der Waals surface area contributed by atoms with Gasteiger partial charge in [0.1, 0.15) is 9.84 Å². The summed E-state index contributed by atoms with van der Waals surface area (Å²) < 4.78 is 22.9. The van der Waals surface area contributed by atoms with Crippen molar-refractivity contribution in [2.45, 2.75) is 65.3 Å². The van der Waals surface area contributed by atoms with Crippen molar-refractivity contribution in [3.63, 3.8) is 0 Å². The first-order valence-electron chi connectivity index (χ1n) is 10.6. The highest BCUT2D eigenvalue weighted by atomic mass is 32.2. The molecule has 0 bridgehead atoms. The molecule has 1 aliphatic carbocycles. The minimum atomic E-state index is -2.93. The third kappa shape index (κ3) is 8.81. The van der Waals surface area contributed by atoms with Crippen molar-refractivity contribution in [1.29, 1.82) is 0 Å². The van der Waals surface area contributed by atoms with Crippen LogP contribution in [0, 0.1) is 11.3 Å². The Hall–Kier alpha value is -0.820. The molecule has 0 spiro atoms. The van der Waals surface area contributed by atoms with Gasteiger partial charge in [-0.2, -0.15) is 0 Å². The van der Waals surface area contributed by atoms with Crippen LogP contribution in [-0.2, 0) is 9.84 Å². The molecule has 1 saturated carbocycles. The Bertz CT molecular complexity index is 583. The lowest BCUT2D eigenvalue weighted by atomic mass is 9.90. The van der Waals surface area contributed by atoms with Crippen LogP contribution in [0.15, 0.2) is 4.99 Å². The predicted molar refractivity (Wildman–Crippen MR) is 114 cm³/mol. The van der Waals surface area contributed by atoms with E-state index in [0.717, 1.165) is 31.4 Å². The van der Waals surface area contributed by atoms with E-state index >= 15 is 0 Å². The fraction of sp³-hybridized carbons (Fsp3) is 0.950. The van der Waals surface area contributed by atoms with Crippen LogP contribution in [-0.4, -0.2) is 70.1 Å². The van der Waals surface area contributed by atoms with Crippen LogP contribution in [0.25, 0.3) is 0 Å². The number of guanidine groups is 1. The van der Waals surface area contributed by atoms with Gasteiger partial charge in [0.05, 0.1) is 5.75 Å². The maximum Gasteiger partial charge on any atom is 0.191 e.